The molecule has 5 aromatic rings. The van der Waals surface area contributed by atoms with Gasteiger partial charge in [0, 0.05) is 25.2 Å². The van der Waals surface area contributed by atoms with Gasteiger partial charge in [-0.1, -0.05) is 67.6 Å². The topological polar surface area (TPSA) is 185 Å². The molecule has 2 aliphatic heterocycles. The van der Waals surface area contributed by atoms with Gasteiger partial charge in [0.2, 0.25) is 0 Å². The maximum absolute atomic E-state index is 14.1. The molecule has 1 saturated heterocycles. The van der Waals surface area contributed by atoms with E-state index >= 15 is 0 Å². The van der Waals surface area contributed by atoms with Gasteiger partial charge in [-0.05, 0) is 112 Å². The van der Waals surface area contributed by atoms with E-state index in [0.29, 0.717) is 102 Å². The van der Waals surface area contributed by atoms with Crippen LogP contribution in [0.15, 0.2) is 99.0 Å². The molecule has 3 aliphatic rings. The van der Waals surface area contributed by atoms with Gasteiger partial charge in [-0.3, -0.25) is 9.59 Å². The molecule has 1 saturated carbocycles. The number of hydrogen-bond donors (Lipinski definition) is 0. The molecule has 394 valence electrons. The van der Waals surface area contributed by atoms with E-state index in [1.54, 1.807) is 36.4 Å². The molecule has 15 nitrogen and oxygen atoms in total. The van der Waals surface area contributed by atoms with E-state index in [2.05, 4.69) is 6.92 Å². The first-order valence-corrected chi connectivity index (χ1v) is 27.6. The number of hydrogen-bond acceptors (Lipinski definition) is 18. The van der Waals surface area contributed by atoms with Crippen LogP contribution in [0.3, 0.4) is 0 Å². The van der Waals surface area contributed by atoms with Crippen LogP contribution >= 0.6 is 34.9 Å². The summed E-state index contributed by atoms with van der Waals surface area (Å²) in [6.07, 6.45) is 10.8. The maximum atomic E-state index is 14.1. The molecule has 1 aliphatic carbocycles. The Morgan fingerprint density at radius 3 is 1.95 bits per heavy atom. The van der Waals surface area contributed by atoms with Crippen molar-refractivity contribution in [2.24, 2.45) is 11.8 Å². The van der Waals surface area contributed by atoms with Crippen molar-refractivity contribution < 1.29 is 66.6 Å². The lowest BCUT2D eigenvalue weighted by atomic mass is 9.82. The summed E-state index contributed by atoms with van der Waals surface area (Å²) in [6.45, 7) is 7.90. The van der Waals surface area contributed by atoms with Gasteiger partial charge in [0.25, 0.3) is 0 Å². The smallest absolute Gasteiger partial charge is 0.384 e. The second-order valence-electron chi connectivity index (χ2n) is 18.5. The van der Waals surface area contributed by atoms with Crippen molar-refractivity contribution in [2.75, 3.05) is 39.6 Å². The number of thioether (sulfide) groups is 2. The zero-order chi connectivity index (χ0) is 52.7. The highest BCUT2D eigenvalue weighted by atomic mass is 32.2. The number of nitrogens with zero attached hydrogens (tertiary/aromatic N) is 1. The average Bonchev–Trinajstić information content (AvgIpc) is 3.68. The quantitative estimate of drug-likeness (QED) is 0.00785. The van der Waals surface area contributed by atoms with Gasteiger partial charge in [-0.2, -0.15) is 0 Å². The molecule has 1 unspecified atom stereocenters. The second kappa shape index (κ2) is 26.4. The molecular weight excluding hydrogens is 1020 g/mol. The molecule has 1 atom stereocenters. The van der Waals surface area contributed by atoms with E-state index in [4.69, 9.17) is 54.0 Å². The molecule has 18 heteroatoms. The van der Waals surface area contributed by atoms with Crippen molar-refractivity contribution in [3.63, 3.8) is 0 Å². The highest BCUT2D eigenvalue weighted by Crippen LogP contribution is 2.60. The lowest BCUT2D eigenvalue weighted by molar-refractivity contribution is -0.152. The third kappa shape index (κ3) is 15.2. The van der Waals surface area contributed by atoms with Crippen LogP contribution in [0.25, 0.3) is 15.8 Å². The Labute approximate surface area is 448 Å². The van der Waals surface area contributed by atoms with Gasteiger partial charge < -0.3 is 42.6 Å². The molecule has 0 bridgehead atoms. The van der Waals surface area contributed by atoms with Crippen LogP contribution < -0.4 is 18.9 Å². The standard InChI is InChI=1S/C57H59NO14S3/c1-5-7-10-30-67-54(63)47(50-58-42-13-8-9-14-45(42)73-50)55-74-48-43(27-28-44(49(48)75-55)71-53(62)39-21-25-41(26-22-39)65-32-12-34-69-56-57(3,4)72-56)70-52(61)38-19-17-37(18-20-38)51(60)68-35-29-36-15-23-40(24-16-36)64-31-11-33-66-46(59)6-2/h2,8-9,13-16,21-28,37-38,56H,5,7,10-12,17-20,29-35H2,1,3-4H3/b55-47-. The van der Waals surface area contributed by atoms with Crippen molar-refractivity contribution in [1.29, 1.82) is 0 Å². The number of aromatic nitrogens is 1. The Bertz CT molecular complexity index is 2870. The fraction of sp³-hybridized carbons (Fsp3) is 0.404. The van der Waals surface area contributed by atoms with Crippen LogP contribution in [-0.4, -0.2) is 86.4 Å². The third-order valence-electron chi connectivity index (χ3n) is 12.4. The zero-order valence-electron chi connectivity index (χ0n) is 42.1. The fourth-order valence-electron chi connectivity index (χ4n) is 8.13. The number of benzene rings is 4. The van der Waals surface area contributed by atoms with E-state index in [-0.39, 0.29) is 66.2 Å². The Kier molecular flexibility index (Phi) is 19.3. The molecule has 0 amide bonds. The highest BCUT2D eigenvalue weighted by Gasteiger charge is 2.49. The van der Waals surface area contributed by atoms with Gasteiger partial charge in [0.1, 0.15) is 39.2 Å². The van der Waals surface area contributed by atoms with Crippen molar-refractivity contribution in [3.05, 3.63) is 105 Å². The Balaban J connectivity index is 0.911. The zero-order valence-corrected chi connectivity index (χ0v) is 44.5. The third-order valence-corrected chi connectivity index (χ3v) is 16.1. The summed E-state index contributed by atoms with van der Waals surface area (Å²) in [5, 5.41) is 0.472. The van der Waals surface area contributed by atoms with Crippen LogP contribution in [0.5, 0.6) is 23.0 Å². The van der Waals surface area contributed by atoms with Crippen LogP contribution in [0, 0.1) is 24.2 Å². The summed E-state index contributed by atoms with van der Waals surface area (Å²) >= 11 is 3.83. The predicted molar refractivity (Wildman–Crippen MR) is 284 cm³/mol. The van der Waals surface area contributed by atoms with Gasteiger partial charge in [-0.25, -0.2) is 19.4 Å². The minimum absolute atomic E-state index is 0.173. The van der Waals surface area contributed by atoms with Crippen LogP contribution in [0.2, 0.25) is 0 Å². The average molecular weight is 1080 g/mol. The number of terminal acetylenes is 1. The maximum Gasteiger partial charge on any atom is 0.384 e. The minimum atomic E-state index is -0.703. The lowest BCUT2D eigenvalue weighted by Crippen LogP contribution is -2.29. The molecule has 4 aromatic carbocycles. The number of epoxide rings is 1. The van der Waals surface area contributed by atoms with Crippen molar-refractivity contribution in [3.8, 4) is 35.3 Å². The summed E-state index contributed by atoms with van der Waals surface area (Å²) < 4.78 is 52.8. The first-order valence-electron chi connectivity index (χ1n) is 25.2. The monoisotopic (exact) mass is 1080 g/mol. The van der Waals surface area contributed by atoms with Gasteiger partial charge in [0.05, 0.1) is 81.3 Å². The largest absolute Gasteiger partial charge is 0.494 e. The molecule has 0 N–H and O–H groups in total. The summed E-state index contributed by atoms with van der Waals surface area (Å²) in [7, 11) is 0. The molecule has 8 rings (SSSR count). The lowest BCUT2D eigenvalue weighted by Gasteiger charge is -2.26. The SMILES string of the molecule is C#CC(=O)OCCCOc1ccc(CCOC(=O)C2CCC(C(=O)Oc3ccc(OC(=O)c4ccc(OCCCOC5OC5(C)C)cc4)c4c3S/C(=C(/C(=O)OCCCCC)c3nc5ccccc5s3)S4)CC2)cc1. The van der Waals surface area contributed by atoms with E-state index in [9.17, 15) is 24.0 Å². The van der Waals surface area contributed by atoms with Gasteiger partial charge in [-0.15, -0.1) is 17.8 Å². The number of esters is 5. The van der Waals surface area contributed by atoms with Crippen molar-refractivity contribution in [1.82, 2.24) is 4.98 Å². The normalized spacial score (nSPS) is 18.0. The number of thiazole rings is 1. The molecule has 2 fully saturated rings. The summed E-state index contributed by atoms with van der Waals surface area (Å²) in [5.41, 5.74) is 2.01. The second-order valence-corrected chi connectivity index (χ2v) is 21.8. The number of carbonyl (C=O) groups is 5. The molecular formula is C57H59NO14S3. The summed E-state index contributed by atoms with van der Waals surface area (Å²) in [5.74, 6) is 0.163. The van der Waals surface area contributed by atoms with Crippen molar-refractivity contribution in [2.45, 2.75) is 107 Å². The summed E-state index contributed by atoms with van der Waals surface area (Å²) in [6, 6.07) is 24.9. The van der Waals surface area contributed by atoms with E-state index in [1.165, 1.54) is 34.9 Å². The molecule has 0 spiro atoms. The van der Waals surface area contributed by atoms with E-state index in [0.717, 1.165) is 28.6 Å². The predicted octanol–water partition coefficient (Wildman–Crippen LogP) is 11.2. The molecule has 3 heterocycles. The molecule has 75 heavy (non-hydrogen) atoms. The number of ether oxygens (including phenoxy) is 9. The first-order chi connectivity index (χ1) is 36.4. The number of rotatable bonds is 25. The van der Waals surface area contributed by atoms with E-state index in [1.807, 2.05) is 68.3 Å². The van der Waals surface area contributed by atoms with Gasteiger partial charge >= 0.3 is 29.8 Å². The van der Waals surface area contributed by atoms with Crippen LogP contribution in [0.4, 0.5) is 0 Å². The first kappa shape index (κ1) is 54.9. The Morgan fingerprint density at radius 2 is 1.31 bits per heavy atom. The van der Waals surface area contributed by atoms with Crippen LogP contribution in [0.1, 0.15) is 99.5 Å². The van der Waals surface area contributed by atoms with Gasteiger partial charge in [0.15, 0.2) is 6.29 Å². The number of para-hydroxylation sites is 1. The summed E-state index contributed by atoms with van der Waals surface area (Å²) in [4.78, 5) is 71.9. The highest BCUT2D eigenvalue weighted by molar-refractivity contribution is 8.25. The van der Waals surface area contributed by atoms with E-state index < -0.39 is 29.8 Å². The van der Waals surface area contributed by atoms with Crippen molar-refractivity contribution >= 4 is 80.5 Å². The minimum Gasteiger partial charge on any atom is -0.494 e. The number of unbranched alkanes of at least 4 members (excludes halogenated alkanes) is 2. The molecule has 1 aromatic heterocycles. The number of fused-ring (bicyclic) bond motifs is 2. The Hall–Kier alpha value is -6.36. The molecule has 0 radical (unpaired) electrons. The number of carbonyl (C=O) groups excluding carboxylic acids is 5. The Morgan fingerprint density at radius 1 is 0.693 bits per heavy atom. The van der Waals surface area contributed by atoms with Crippen LogP contribution in [-0.2, 0) is 49.3 Å². The fourth-order valence-corrected chi connectivity index (χ4v) is 11.9.